The van der Waals surface area contributed by atoms with Crippen LogP contribution in [0.5, 0.6) is 0 Å². The van der Waals surface area contributed by atoms with Gasteiger partial charge in [0.2, 0.25) is 0 Å². The molecule has 0 N–H and O–H groups in total. The smallest absolute Gasteiger partial charge is 0.0624 e. The van der Waals surface area contributed by atoms with Crippen LogP contribution in [0.15, 0.2) is 42.5 Å². The maximum absolute atomic E-state index is 6.32. The van der Waals surface area contributed by atoms with Crippen molar-refractivity contribution in [2.75, 3.05) is 11.8 Å². The average Bonchev–Trinajstić information content (AvgIpc) is 2.50. The Morgan fingerprint density at radius 3 is 2.19 bits per heavy atom. The summed E-state index contributed by atoms with van der Waals surface area (Å²) in [6.07, 6.45) is 0.657. The van der Waals surface area contributed by atoms with Gasteiger partial charge in [-0.15, -0.1) is 23.2 Å². The zero-order chi connectivity index (χ0) is 15.5. The molecule has 0 amide bonds. The van der Waals surface area contributed by atoms with Crippen molar-refractivity contribution >= 4 is 46.4 Å². The quantitative estimate of drug-likeness (QED) is 0.551. The largest absolute Gasteiger partial charge is 0.126 e. The molecule has 0 atom stereocenters. The highest BCUT2D eigenvalue weighted by Crippen LogP contribution is 2.37. The van der Waals surface area contributed by atoms with Gasteiger partial charge in [0.1, 0.15) is 0 Å². The second kappa shape index (κ2) is 7.24. The molecule has 0 fully saturated rings. The van der Waals surface area contributed by atoms with E-state index in [1.165, 1.54) is 5.56 Å². The highest BCUT2D eigenvalue weighted by Gasteiger charge is 2.33. The number of rotatable bonds is 5. The second-order valence-corrected chi connectivity index (χ2v) is 6.57. The fraction of sp³-hybridized carbons (Fsp3) is 0.294. The summed E-state index contributed by atoms with van der Waals surface area (Å²) < 4.78 is 0. The molecule has 0 spiro atoms. The molecule has 2 aromatic carbocycles. The van der Waals surface area contributed by atoms with E-state index >= 15 is 0 Å². The van der Waals surface area contributed by atoms with Gasteiger partial charge in [-0.25, -0.2) is 0 Å². The summed E-state index contributed by atoms with van der Waals surface area (Å²) in [7, 11) is 0. The number of hydrogen-bond acceptors (Lipinski definition) is 0. The maximum Gasteiger partial charge on any atom is 0.0624 e. The first-order valence-corrected chi connectivity index (χ1v) is 8.47. The molecule has 2 aromatic rings. The Labute approximate surface area is 146 Å². The third kappa shape index (κ3) is 3.51. The monoisotopic (exact) mass is 360 g/mol. The molecule has 112 valence electrons. The Kier molecular flexibility index (Phi) is 5.85. The SMILES string of the molecule is Cc1ccccc1C(CCl)(CCl)Cc1cccc(Cl)c1Cl. The molecule has 0 aliphatic rings. The van der Waals surface area contributed by atoms with E-state index in [0.717, 1.165) is 11.1 Å². The van der Waals surface area contributed by atoms with E-state index in [1.807, 2.05) is 24.3 Å². The zero-order valence-corrected chi connectivity index (χ0v) is 14.7. The van der Waals surface area contributed by atoms with Crippen molar-refractivity contribution in [2.45, 2.75) is 18.8 Å². The summed E-state index contributed by atoms with van der Waals surface area (Å²) >= 11 is 25.1. The van der Waals surface area contributed by atoms with Crippen molar-refractivity contribution < 1.29 is 0 Å². The number of benzene rings is 2. The Balaban J connectivity index is 2.49. The first kappa shape index (κ1) is 17.0. The molecule has 4 heteroatoms. The van der Waals surface area contributed by atoms with E-state index in [2.05, 4.69) is 19.1 Å². The van der Waals surface area contributed by atoms with E-state index < -0.39 is 0 Å². The first-order chi connectivity index (χ1) is 10.0. The van der Waals surface area contributed by atoms with Crippen LogP contribution in [-0.2, 0) is 11.8 Å². The van der Waals surface area contributed by atoms with Crippen LogP contribution in [0.4, 0.5) is 0 Å². The van der Waals surface area contributed by atoms with Crippen molar-refractivity contribution in [2.24, 2.45) is 0 Å². The molecular formula is C17H16Cl4. The highest BCUT2D eigenvalue weighted by atomic mass is 35.5. The fourth-order valence-electron chi connectivity index (χ4n) is 2.59. The number of aryl methyl sites for hydroxylation is 1. The molecular weight excluding hydrogens is 346 g/mol. The molecule has 0 aliphatic carbocycles. The predicted octanol–water partition coefficient (Wildman–Crippen LogP) is 6.26. The van der Waals surface area contributed by atoms with Gasteiger partial charge in [-0.2, -0.15) is 0 Å². The molecule has 0 saturated carbocycles. The van der Waals surface area contributed by atoms with Gasteiger partial charge in [-0.1, -0.05) is 59.6 Å². The van der Waals surface area contributed by atoms with Crippen LogP contribution in [0.1, 0.15) is 16.7 Å². The summed E-state index contributed by atoms with van der Waals surface area (Å²) in [4.78, 5) is 0. The van der Waals surface area contributed by atoms with Crippen molar-refractivity contribution in [1.29, 1.82) is 0 Å². The summed E-state index contributed by atoms with van der Waals surface area (Å²) in [5.41, 5.74) is 2.94. The minimum Gasteiger partial charge on any atom is -0.126 e. The van der Waals surface area contributed by atoms with Gasteiger partial charge in [0, 0.05) is 17.2 Å². The summed E-state index contributed by atoms with van der Waals surface area (Å²) in [5.74, 6) is 0.842. The van der Waals surface area contributed by atoms with Crippen LogP contribution in [0.3, 0.4) is 0 Å². The van der Waals surface area contributed by atoms with E-state index in [0.29, 0.717) is 28.2 Å². The second-order valence-electron chi connectivity index (χ2n) is 5.25. The van der Waals surface area contributed by atoms with Crippen LogP contribution in [0, 0.1) is 6.92 Å². The maximum atomic E-state index is 6.32. The fourth-order valence-corrected chi connectivity index (χ4v) is 3.74. The normalized spacial score (nSPS) is 11.7. The predicted molar refractivity (Wildman–Crippen MR) is 94.5 cm³/mol. The van der Waals surface area contributed by atoms with E-state index in [4.69, 9.17) is 46.4 Å². The Hall–Kier alpha value is -0.400. The van der Waals surface area contributed by atoms with Gasteiger partial charge < -0.3 is 0 Å². The zero-order valence-electron chi connectivity index (χ0n) is 11.7. The average molecular weight is 362 g/mol. The lowest BCUT2D eigenvalue weighted by atomic mass is 9.77. The van der Waals surface area contributed by atoms with Crippen LogP contribution in [0.25, 0.3) is 0 Å². The highest BCUT2D eigenvalue weighted by molar-refractivity contribution is 6.42. The van der Waals surface area contributed by atoms with Crippen molar-refractivity contribution in [1.82, 2.24) is 0 Å². The van der Waals surface area contributed by atoms with Crippen LogP contribution in [-0.4, -0.2) is 11.8 Å². The van der Waals surface area contributed by atoms with Gasteiger partial charge in [0.15, 0.2) is 0 Å². The molecule has 0 aromatic heterocycles. The third-order valence-electron chi connectivity index (χ3n) is 3.79. The molecule has 0 saturated heterocycles. The lowest BCUT2D eigenvalue weighted by Crippen LogP contribution is -2.34. The van der Waals surface area contributed by atoms with Gasteiger partial charge in [0.25, 0.3) is 0 Å². The van der Waals surface area contributed by atoms with E-state index in [-0.39, 0.29) is 5.41 Å². The molecule has 0 radical (unpaired) electrons. The van der Waals surface area contributed by atoms with Gasteiger partial charge in [-0.05, 0) is 36.1 Å². The molecule has 0 aliphatic heterocycles. The van der Waals surface area contributed by atoms with E-state index in [9.17, 15) is 0 Å². The summed E-state index contributed by atoms with van der Waals surface area (Å²) in [5, 5.41) is 1.13. The van der Waals surface area contributed by atoms with Crippen LogP contribution < -0.4 is 0 Å². The summed E-state index contributed by atoms with van der Waals surface area (Å²) in [6, 6.07) is 13.8. The summed E-state index contributed by atoms with van der Waals surface area (Å²) in [6.45, 7) is 2.07. The Morgan fingerprint density at radius 1 is 0.905 bits per heavy atom. The lowest BCUT2D eigenvalue weighted by molar-refractivity contribution is 0.533. The number of alkyl halides is 2. The van der Waals surface area contributed by atoms with Gasteiger partial charge in [-0.3, -0.25) is 0 Å². The molecule has 21 heavy (non-hydrogen) atoms. The van der Waals surface area contributed by atoms with Gasteiger partial charge in [0.05, 0.1) is 10.0 Å². The molecule has 0 bridgehead atoms. The van der Waals surface area contributed by atoms with E-state index in [1.54, 1.807) is 6.07 Å². The lowest BCUT2D eigenvalue weighted by Gasteiger charge is -2.32. The van der Waals surface area contributed by atoms with Crippen molar-refractivity contribution in [3.05, 3.63) is 69.2 Å². The molecule has 0 nitrogen and oxygen atoms in total. The minimum absolute atomic E-state index is 0.358. The van der Waals surface area contributed by atoms with Crippen LogP contribution in [0.2, 0.25) is 10.0 Å². The third-order valence-corrected chi connectivity index (χ3v) is 5.67. The standard InChI is InChI=1S/C17H16Cl4/c1-12-5-2-3-7-14(12)17(10-18,11-19)9-13-6-4-8-15(20)16(13)21/h2-8H,9-11H2,1H3. The Bertz CT molecular complexity index is 618. The number of hydrogen-bond donors (Lipinski definition) is 0. The van der Waals surface area contributed by atoms with Crippen molar-refractivity contribution in [3.63, 3.8) is 0 Å². The first-order valence-electron chi connectivity index (χ1n) is 6.65. The van der Waals surface area contributed by atoms with Gasteiger partial charge >= 0.3 is 0 Å². The van der Waals surface area contributed by atoms with Crippen LogP contribution >= 0.6 is 46.4 Å². The minimum atomic E-state index is -0.358. The molecule has 0 heterocycles. The van der Waals surface area contributed by atoms with Crippen molar-refractivity contribution in [3.8, 4) is 0 Å². The Morgan fingerprint density at radius 2 is 1.57 bits per heavy atom. The molecule has 0 unspecified atom stereocenters. The molecule has 2 rings (SSSR count). The number of halogens is 4. The topological polar surface area (TPSA) is 0 Å².